The van der Waals surface area contributed by atoms with E-state index in [1.54, 1.807) is 6.07 Å². The van der Waals surface area contributed by atoms with Gasteiger partial charge in [-0.15, -0.1) is 0 Å². The number of nitrogens with two attached hydrogens (primary N) is 1. The largest absolute Gasteiger partial charge is 0.275 e. The van der Waals surface area contributed by atoms with E-state index in [4.69, 9.17) is 5.84 Å². The first-order valence-electron chi connectivity index (χ1n) is 9.84. The number of carbonyl (C=O) groups excluding carboxylic acids is 4. The smallest absolute Gasteiger partial charge is 0.268 e. The van der Waals surface area contributed by atoms with Crippen LogP contribution in [0.2, 0.25) is 0 Å². The predicted octanol–water partition coefficient (Wildman–Crippen LogP) is 3.41. The molecule has 2 N–H and O–H groups in total. The van der Waals surface area contributed by atoms with Gasteiger partial charge >= 0.3 is 0 Å². The van der Waals surface area contributed by atoms with Crippen molar-refractivity contribution in [1.29, 1.82) is 0 Å². The molecule has 154 valence electrons. The average Bonchev–Trinajstić information content (AvgIpc) is 2.74. The minimum Gasteiger partial charge on any atom is -0.268 e. The second-order valence-electron chi connectivity index (χ2n) is 8.80. The average molecular weight is 413 g/mol. The number of hydrazine groups is 1. The van der Waals surface area contributed by atoms with E-state index in [2.05, 4.69) is 20.8 Å². The highest BCUT2D eigenvalue weighted by Crippen LogP contribution is 2.39. The first-order chi connectivity index (χ1) is 14.6. The zero-order valence-corrected chi connectivity index (χ0v) is 17.2. The molecule has 0 aromatic heterocycles. The van der Waals surface area contributed by atoms with Crippen molar-refractivity contribution in [2.45, 2.75) is 26.2 Å². The Hall–Kier alpha value is -3.84. The molecular weight excluding hydrogens is 394 g/mol. The summed E-state index contributed by atoms with van der Waals surface area (Å²) < 4.78 is 0. The highest BCUT2D eigenvalue weighted by atomic mass is 16.2. The summed E-state index contributed by atoms with van der Waals surface area (Å²) in [6.07, 6.45) is 0. The molecule has 0 aliphatic carbocycles. The van der Waals surface area contributed by atoms with Crippen molar-refractivity contribution in [3.8, 4) is 0 Å². The summed E-state index contributed by atoms with van der Waals surface area (Å²) in [5, 5.41) is 1.18. The monoisotopic (exact) mass is 413 g/mol. The van der Waals surface area contributed by atoms with Crippen molar-refractivity contribution in [1.82, 2.24) is 5.01 Å². The topological polar surface area (TPSA) is 101 Å². The molecule has 2 aliphatic heterocycles. The van der Waals surface area contributed by atoms with Crippen molar-refractivity contribution < 1.29 is 19.2 Å². The first kappa shape index (κ1) is 19.1. The van der Waals surface area contributed by atoms with Gasteiger partial charge in [0.05, 0.1) is 16.8 Å². The van der Waals surface area contributed by atoms with Gasteiger partial charge in [-0.25, -0.2) is 15.8 Å². The van der Waals surface area contributed by atoms with Gasteiger partial charge in [0.2, 0.25) is 0 Å². The van der Waals surface area contributed by atoms with E-state index in [9.17, 15) is 19.2 Å². The molecule has 0 bridgehead atoms. The lowest BCUT2D eigenvalue weighted by Crippen LogP contribution is -2.46. The van der Waals surface area contributed by atoms with Crippen LogP contribution >= 0.6 is 0 Å². The van der Waals surface area contributed by atoms with Crippen LogP contribution in [-0.4, -0.2) is 28.6 Å². The molecule has 31 heavy (non-hydrogen) atoms. The van der Waals surface area contributed by atoms with Gasteiger partial charge in [0.15, 0.2) is 0 Å². The first-order valence-corrected chi connectivity index (χ1v) is 9.84. The van der Waals surface area contributed by atoms with Crippen LogP contribution in [0.4, 0.5) is 5.69 Å². The molecule has 7 nitrogen and oxygen atoms in total. The van der Waals surface area contributed by atoms with E-state index in [-0.39, 0.29) is 27.7 Å². The quantitative estimate of drug-likeness (QED) is 0.374. The summed E-state index contributed by atoms with van der Waals surface area (Å²) in [6.45, 7) is 6.16. The van der Waals surface area contributed by atoms with Gasteiger partial charge in [0.1, 0.15) is 0 Å². The molecule has 5 rings (SSSR count). The van der Waals surface area contributed by atoms with Gasteiger partial charge < -0.3 is 0 Å². The third kappa shape index (κ3) is 2.50. The Morgan fingerprint density at radius 2 is 1.13 bits per heavy atom. The van der Waals surface area contributed by atoms with E-state index in [1.165, 1.54) is 24.3 Å². The third-order valence-electron chi connectivity index (χ3n) is 5.90. The lowest BCUT2D eigenvalue weighted by atomic mass is 9.85. The predicted molar refractivity (Wildman–Crippen MR) is 115 cm³/mol. The standard InChI is InChI=1S/C24H19N3O4/c1-24(2,3)12-5-4-6-13(11-12)26-20(28)14-7-9-16-19-17(23(31)27(25)22(16)30)10-8-15(18(14)19)21(26)29/h4-11H,25H2,1-3H3. The van der Waals surface area contributed by atoms with Crippen LogP contribution in [0.1, 0.15) is 67.8 Å². The number of amides is 4. The molecule has 0 atom stereocenters. The van der Waals surface area contributed by atoms with Crippen LogP contribution in [0.3, 0.4) is 0 Å². The van der Waals surface area contributed by atoms with Crippen molar-refractivity contribution in [3.05, 3.63) is 76.3 Å². The molecule has 2 aliphatic rings. The van der Waals surface area contributed by atoms with E-state index >= 15 is 0 Å². The summed E-state index contributed by atoms with van der Waals surface area (Å²) in [6, 6.07) is 13.3. The molecule has 2 heterocycles. The van der Waals surface area contributed by atoms with Crippen LogP contribution < -0.4 is 10.7 Å². The summed E-state index contributed by atoms with van der Waals surface area (Å²) in [4.78, 5) is 53.1. The molecule has 0 unspecified atom stereocenters. The Balaban J connectivity index is 1.75. The molecule has 0 saturated carbocycles. The minimum atomic E-state index is -0.665. The summed E-state index contributed by atoms with van der Waals surface area (Å²) >= 11 is 0. The van der Waals surface area contributed by atoms with Crippen molar-refractivity contribution in [2.24, 2.45) is 5.84 Å². The van der Waals surface area contributed by atoms with Crippen LogP contribution in [-0.2, 0) is 5.41 Å². The maximum absolute atomic E-state index is 13.4. The Morgan fingerprint density at radius 3 is 1.58 bits per heavy atom. The van der Waals surface area contributed by atoms with Crippen LogP contribution in [0.5, 0.6) is 0 Å². The fraction of sp³-hybridized carbons (Fsp3) is 0.167. The maximum atomic E-state index is 13.4. The van der Waals surface area contributed by atoms with Gasteiger partial charge in [0, 0.05) is 21.9 Å². The zero-order valence-electron chi connectivity index (χ0n) is 17.2. The van der Waals surface area contributed by atoms with Crippen molar-refractivity contribution in [2.75, 3.05) is 4.90 Å². The molecule has 0 fully saturated rings. The molecule has 3 aromatic rings. The lowest BCUT2D eigenvalue weighted by Gasteiger charge is -2.31. The summed E-state index contributed by atoms with van der Waals surface area (Å²) in [5.74, 6) is 3.30. The highest BCUT2D eigenvalue weighted by molar-refractivity contribution is 6.39. The highest BCUT2D eigenvalue weighted by Gasteiger charge is 2.39. The lowest BCUT2D eigenvalue weighted by molar-refractivity contribution is 0.0608. The number of hydrogen-bond donors (Lipinski definition) is 1. The molecule has 4 amide bonds. The zero-order chi connectivity index (χ0) is 22.2. The third-order valence-corrected chi connectivity index (χ3v) is 5.90. The van der Waals surface area contributed by atoms with Gasteiger partial charge in [0.25, 0.3) is 23.6 Å². The number of imide groups is 2. The summed E-state index contributed by atoms with van der Waals surface area (Å²) in [5.41, 5.74) is 2.22. The van der Waals surface area contributed by atoms with E-state index in [0.717, 1.165) is 10.5 Å². The van der Waals surface area contributed by atoms with Gasteiger partial charge in [-0.2, -0.15) is 0 Å². The SMILES string of the molecule is CC(C)(C)c1cccc(N2C(=O)c3ccc4c5c(ccc(c35)C2=O)C(=O)N(N)C4=O)c1. The summed E-state index contributed by atoms with van der Waals surface area (Å²) in [7, 11) is 0. The molecule has 7 heteroatoms. The molecule has 0 saturated heterocycles. The number of carbonyl (C=O) groups is 4. The van der Waals surface area contributed by atoms with Gasteiger partial charge in [-0.05, 0) is 47.4 Å². The fourth-order valence-corrected chi connectivity index (χ4v) is 4.24. The number of anilines is 1. The minimum absolute atomic E-state index is 0.161. The Kier molecular flexibility index (Phi) is 3.76. The van der Waals surface area contributed by atoms with E-state index in [1.807, 2.05) is 18.2 Å². The molecule has 0 radical (unpaired) electrons. The van der Waals surface area contributed by atoms with Crippen molar-refractivity contribution >= 4 is 40.1 Å². The second kappa shape index (κ2) is 6.09. The van der Waals surface area contributed by atoms with Crippen LogP contribution in [0.25, 0.3) is 10.8 Å². The Bertz CT molecular complexity index is 1300. The molecule has 0 spiro atoms. The number of nitrogens with zero attached hydrogens (tertiary/aromatic N) is 2. The van der Waals surface area contributed by atoms with Gasteiger partial charge in [-0.3, -0.25) is 19.2 Å². The Morgan fingerprint density at radius 1 is 0.677 bits per heavy atom. The maximum Gasteiger partial charge on any atom is 0.275 e. The molecular formula is C24H19N3O4. The van der Waals surface area contributed by atoms with Crippen molar-refractivity contribution in [3.63, 3.8) is 0 Å². The fourth-order valence-electron chi connectivity index (χ4n) is 4.24. The van der Waals surface area contributed by atoms with E-state index < -0.39 is 23.6 Å². The molecule has 3 aromatic carbocycles. The van der Waals surface area contributed by atoms with E-state index in [0.29, 0.717) is 21.5 Å². The van der Waals surface area contributed by atoms with Crippen LogP contribution in [0.15, 0.2) is 48.5 Å². The number of hydrogen-bond acceptors (Lipinski definition) is 5. The second-order valence-corrected chi connectivity index (χ2v) is 8.80. The van der Waals surface area contributed by atoms with Gasteiger partial charge in [-0.1, -0.05) is 32.9 Å². The Labute approximate surface area is 178 Å². The number of rotatable bonds is 1. The normalized spacial score (nSPS) is 15.9. The van der Waals surface area contributed by atoms with Crippen LogP contribution in [0, 0.1) is 0 Å². The number of benzene rings is 3.